The molecule has 1 amide bonds. The second-order valence-electron chi connectivity index (χ2n) is 6.41. The molecule has 0 aromatic heterocycles. The molecule has 2 bridgehead atoms. The Hall–Kier alpha value is -1.03. The van der Waals surface area contributed by atoms with E-state index in [4.69, 9.17) is 23.2 Å². The van der Waals surface area contributed by atoms with Crippen LogP contribution in [0.15, 0.2) is 24.3 Å². The number of hydrogen-bond donors (Lipinski definition) is 0. The number of halogens is 2. The molecule has 2 atom stereocenters. The summed E-state index contributed by atoms with van der Waals surface area (Å²) in [4.78, 5) is 16.3. The zero-order valence-electron chi connectivity index (χ0n) is 13.6. The molecule has 23 heavy (non-hydrogen) atoms. The fourth-order valence-electron chi connectivity index (χ4n) is 3.51. The van der Waals surface area contributed by atoms with Crippen molar-refractivity contribution in [2.75, 3.05) is 19.6 Å². The van der Waals surface area contributed by atoms with Gasteiger partial charge in [0.2, 0.25) is 5.91 Å². The number of carbonyl (C=O) groups excluding carboxylic acids is 1. The van der Waals surface area contributed by atoms with Crippen molar-refractivity contribution in [1.29, 1.82) is 0 Å². The van der Waals surface area contributed by atoms with Crippen LogP contribution in [0.2, 0.25) is 10.0 Å². The first-order chi connectivity index (χ1) is 11.0. The smallest absolute Gasteiger partial charge is 0.222 e. The molecule has 0 aliphatic carbocycles. The molecule has 3 heterocycles. The van der Waals surface area contributed by atoms with Crippen molar-refractivity contribution in [3.63, 3.8) is 0 Å². The summed E-state index contributed by atoms with van der Waals surface area (Å²) in [6, 6.07) is 6.78. The van der Waals surface area contributed by atoms with E-state index in [1.54, 1.807) is 0 Å². The predicted molar refractivity (Wildman–Crippen MR) is 95.9 cm³/mol. The number of nitrogens with zero attached hydrogens (tertiary/aromatic N) is 2. The van der Waals surface area contributed by atoms with Gasteiger partial charge in [-0.3, -0.25) is 9.69 Å². The highest BCUT2D eigenvalue weighted by Gasteiger charge is 2.44. The van der Waals surface area contributed by atoms with E-state index in [-0.39, 0.29) is 5.91 Å². The molecule has 0 radical (unpaired) electrons. The highest BCUT2D eigenvalue weighted by Crippen LogP contribution is 2.33. The second kappa shape index (κ2) is 6.84. The summed E-state index contributed by atoms with van der Waals surface area (Å²) in [6.07, 6.45) is 4.07. The molecule has 5 heteroatoms. The van der Waals surface area contributed by atoms with E-state index in [1.165, 1.54) is 12.0 Å². The summed E-state index contributed by atoms with van der Waals surface area (Å²) >= 11 is 12.1. The zero-order chi connectivity index (χ0) is 16.6. The first kappa shape index (κ1) is 16.8. The van der Waals surface area contributed by atoms with Crippen molar-refractivity contribution in [2.24, 2.45) is 0 Å². The number of amides is 1. The molecule has 1 aromatic rings. The summed E-state index contributed by atoms with van der Waals surface area (Å²) < 4.78 is 0. The molecule has 3 nitrogen and oxygen atoms in total. The predicted octanol–water partition coefficient (Wildman–Crippen LogP) is 4.09. The van der Waals surface area contributed by atoms with E-state index in [0.717, 1.165) is 25.2 Å². The number of fused-ring (bicyclic) bond motifs is 2. The molecule has 0 saturated carbocycles. The van der Waals surface area contributed by atoms with Crippen molar-refractivity contribution in [3.8, 4) is 0 Å². The van der Waals surface area contributed by atoms with Crippen molar-refractivity contribution in [2.45, 2.75) is 38.8 Å². The minimum absolute atomic E-state index is 0.280. The van der Waals surface area contributed by atoms with Gasteiger partial charge in [-0.15, -0.1) is 0 Å². The largest absolute Gasteiger partial charge is 0.340 e. The maximum absolute atomic E-state index is 11.8. The number of benzene rings is 1. The van der Waals surface area contributed by atoms with Crippen LogP contribution in [-0.2, 0) is 4.79 Å². The SMILES string of the molecule is CCC(=O)N1C[C@H]2C[C@@H](C1)N2C/C=C(\C)c1ccc(Cl)c(Cl)c1. The highest BCUT2D eigenvalue weighted by atomic mass is 35.5. The van der Waals surface area contributed by atoms with E-state index in [1.807, 2.05) is 30.0 Å². The molecule has 3 aliphatic rings. The van der Waals surface area contributed by atoms with Gasteiger partial charge >= 0.3 is 0 Å². The van der Waals surface area contributed by atoms with E-state index >= 15 is 0 Å². The summed E-state index contributed by atoms with van der Waals surface area (Å²) in [7, 11) is 0. The molecule has 124 valence electrons. The van der Waals surface area contributed by atoms with Crippen LogP contribution in [0, 0.1) is 0 Å². The number of hydrogen-bond acceptors (Lipinski definition) is 2. The topological polar surface area (TPSA) is 23.6 Å². The summed E-state index contributed by atoms with van der Waals surface area (Å²) in [6.45, 7) is 6.72. The second-order valence-corrected chi connectivity index (χ2v) is 7.22. The average Bonchev–Trinajstić information content (AvgIpc) is 2.56. The van der Waals surface area contributed by atoms with Crippen molar-refractivity contribution in [3.05, 3.63) is 39.9 Å². The van der Waals surface area contributed by atoms with Crippen molar-refractivity contribution < 1.29 is 4.79 Å². The molecule has 1 aromatic carbocycles. The van der Waals surface area contributed by atoms with Crippen LogP contribution >= 0.6 is 23.2 Å². The van der Waals surface area contributed by atoms with Crippen LogP contribution in [0.3, 0.4) is 0 Å². The maximum atomic E-state index is 11.8. The lowest BCUT2D eigenvalue weighted by Crippen LogP contribution is -2.69. The molecule has 3 aliphatic heterocycles. The Morgan fingerprint density at radius 1 is 1.26 bits per heavy atom. The van der Waals surface area contributed by atoms with Gasteiger partial charge in [-0.25, -0.2) is 0 Å². The Labute approximate surface area is 147 Å². The lowest BCUT2D eigenvalue weighted by Gasteiger charge is -2.56. The minimum atomic E-state index is 0.280. The molecule has 0 N–H and O–H groups in total. The van der Waals surface area contributed by atoms with Crippen LogP contribution in [0.5, 0.6) is 0 Å². The van der Waals surface area contributed by atoms with Crippen LogP contribution in [-0.4, -0.2) is 47.4 Å². The Morgan fingerprint density at radius 2 is 1.96 bits per heavy atom. The van der Waals surface area contributed by atoms with Crippen LogP contribution in [0.4, 0.5) is 0 Å². The van der Waals surface area contributed by atoms with E-state index < -0.39 is 0 Å². The Kier molecular flexibility index (Phi) is 5.00. The Balaban J connectivity index is 1.61. The van der Waals surface area contributed by atoms with Gasteiger partial charge in [0.05, 0.1) is 10.0 Å². The molecular formula is C18H22Cl2N2O. The van der Waals surface area contributed by atoms with Gasteiger partial charge in [-0.2, -0.15) is 0 Å². The maximum Gasteiger partial charge on any atom is 0.222 e. The third kappa shape index (κ3) is 3.42. The standard InChI is InChI=1S/C18H22Cl2N2O/c1-3-18(23)21-10-14-9-15(11-21)22(14)7-6-12(2)13-4-5-16(19)17(20)8-13/h4-6,8,14-15H,3,7,9-11H2,1-2H3/b12-6+/t14-,15+. The summed E-state index contributed by atoms with van der Waals surface area (Å²) in [5.74, 6) is 0.280. The minimum Gasteiger partial charge on any atom is -0.340 e. The van der Waals surface area contributed by atoms with Gasteiger partial charge in [0.25, 0.3) is 0 Å². The quantitative estimate of drug-likeness (QED) is 0.814. The molecular weight excluding hydrogens is 331 g/mol. The number of piperazine rings is 1. The normalized spacial score (nSPS) is 24.5. The van der Waals surface area contributed by atoms with Crippen molar-refractivity contribution in [1.82, 2.24) is 9.80 Å². The third-order valence-corrected chi connectivity index (χ3v) is 5.72. The monoisotopic (exact) mass is 352 g/mol. The molecule has 0 unspecified atom stereocenters. The van der Waals surface area contributed by atoms with Gasteiger partial charge in [-0.1, -0.05) is 42.3 Å². The molecule has 4 rings (SSSR count). The first-order valence-corrected chi connectivity index (χ1v) is 8.91. The Morgan fingerprint density at radius 3 is 2.57 bits per heavy atom. The highest BCUT2D eigenvalue weighted by molar-refractivity contribution is 6.42. The number of piperidine rings is 1. The fraction of sp³-hybridized carbons (Fsp3) is 0.500. The average molecular weight is 353 g/mol. The summed E-state index contributed by atoms with van der Waals surface area (Å²) in [5.41, 5.74) is 2.31. The van der Waals surface area contributed by atoms with Gasteiger partial charge in [0.15, 0.2) is 0 Å². The lowest BCUT2D eigenvalue weighted by atomic mass is 9.87. The van der Waals surface area contributed by atoms with E-state index in [0.29, 0.717) is 28.5 Å². The van der Waals surface area contributed by atoms with Crippen LogP contribution in [0.1, 0.15) is 32.3 Å². The summed E-state index contributed by atoms with van der Waals surface area (Å²) in [5, 5.41) is 1.17. The lowest BCUT2D eigenvalue weighted by molar-refractivity contribution is -0.142. The molecule has 3 fully saturated rings. The van der Waals surface area contributed by atoms with Crippen LogP contribution in [0.25, 0.3) is 5.57 Å². The zero-order valence-corrected chi connectivity index (χ0v) is 15.1. The van der Waals surface area contributed by atoms with Crippen molar-refractivity contribution >= 4 is 34.7 Å². The third-order valence-electron chi connectivity index (χ3n) is 4.98. The van der Waals surface area contributed by atoms with E-state index in [2.05, 4.69) is 17.9 Å². The van der Waals surface area contributed by atoms with Crippen LogP contribution < -0.4 is 0 Å². The molecule has 3 saturated heterocycles. The first-order valence-electron chi connectivity index (χ1n) is 8.15. The van der Waals surface area contributed by atoms with Gasteiger partial charge in [-0.05, 0) is 36.6 Å². The van der Waals surface area contributed by atoms with Gasteiger partial charge < -0.3 is 4.90 Å². The number of rotatable bonds is 4. The Bertz CT molecular complexity index is 632. The van der Waals surface area contributed by atoms with Gasteiger partial charge in [0.1, 0.15) is 0 Å². The fourth-order valence-corrected chi connectivity index (χ4v) is 3.81. The molecule has 0 spiro atoms. The van der Waals surface area contributed by atoms with Gasteiger partial charge in [0, 0.05) is 38.1 Å². The number of carbonyl (C=O) groups is 1. The van der Waals surface area contributed by atoms with E-state index in [9.17, 15) is 4.79 Å². The number of allylic oxidation sites excluding steroid dienone is 1.